The quantitative estimate of drug-likeness (QED) is 0.512. The maximum Gasteiger partial charge on any atom is 0.414 e. The van der Waals surface area contributed by atoms with Crippen LogP contribution in [0.3, 0.4) is 0 Å². The summed E-state index contributed by atoms with van der Waals surface area (Å²) in [6.45, 7) is 7.50. The van der Waals surface area contributed by atoms with Crippen LogP contribution in [0, 0.1) is 5.92 Å². The highest BCUT2D eigenvalue weighted by Crippen LogP contribution is 2.40. The molecule has 172 valence electrons. The number of rotatable bonds is 7. The highest BCUT2D eigenvalue weighted by atomic mass is 16.6. The van der Waals surface area contributed by atoms with Gasteiger partial charge in [0.25, 0.3) is 0 Å². The molecule has 0 aromatic heterocycles. The average Bonchev–Trinajstić information content (AvgIpc) is 2.99. The molecule has 0 spiro atoms. The summed E-state index contributed by atoms with van der Waals surface area (Å²) in [5.41, 5.74) is 1.89. The third-order valence-corrected chi connectivity index (χ3v) is 6.83. The molecule has 2 aliphatic heterocycles. The largest absolute Gasteiger partial charge is 0.443 e. The van der Waals surface area contributed by atoms with E-state index in [0.29, 0.717) is 18.6 Å². The molecule has 0 N–H and O–H groups in total. The molecule has 32 heavy (non-hydrogen) atoms. The Morgan fingerprint density at radius 1 is 0.969 bits per heavy atom. The van der Waals surface area contributed by atoms with Crippen LogP contribution in [0.5, 0.6) is 0 Å². The van der Waals surface area contributed by atoms with Gasteiger partial charge in [-0.1, -0.05) is 48.5 Å². The van der Waals surface area contributed by atoms with E-state index in [4.69, 9.17) is 4.74 Å². The Hall–Kier alpha value is -2.33. The van der Waals surface area contributed by atoms with Crippen molar-refractivity contribution < 1.29 is 9.53 Å². The van der Waals surface area contributed by atoms with Crippen molar-refractivity contribution in [1.82, 2.24) is 4.90 Å². The predicted molar refractivity (Wildman–Crippen MR) is 131 cm³/mol. The van der Waals surface area contributed by atoms with Crippen molar-refractivity contribution in [2.45, 2.75) is 77.0 Å². The first-order valence-corrected chi connectivity index (χ1v) is 12.2. The fraction of sp³-hybridized carbons (Fsp3) is 0.536. The highest BCUT2D eigenvalue weighted by molar-refractivity contribution is 5.87. The minimum Gasteiger partial charge on any atom is -0.443 e. The minimum absolute atomic E-state index is 0.256. The molecule has 2 saturated heterocycles. The lowest BCUT2D eigenvalue weighted by Gasteiger charge is -2.39. The molecule has 2 fully saturated rings. The molecule has 1 amide bonds. The second-order valence-corrected chi connectivity index (χ2v) is 10.5. The van der Waals surface area contributed by atoms with E-state index in [1.165, 1.54) is 37.7 Å². The Kier molecular flexibility index (Phi) is 7.20. The van der Waals surface area contributed by atoms with Gasteiger partial charge in [-0.05, 0) is 82.9 Å². The lowest BCUT2D eigenvalue weighted by atomic mass is 9.85. The standard InChI is InChI=1S/C28H38N2O2/c1-28(2,3)32-27(31)30(24-13-8-5-9-14-24)18-10-17-29-25-15-16-26(29)21-23(20-25)19-22-11-6-4-7-12-22/h4-9,11-14,23,25-26H,10,15-21H2,1-3H3. The number of carbonyl (C=O) groups excluding carboxylic acids is 1. The van der Waals surface area contributed by atoms with E-state index in [2.05, 4.69) is 35.2 Å². The van der Waals surface area contributed by atoms with Gasteiger partial charge >= 0.3 is 6.09 Å². The Morgan fingerprint density at radius 3 is 2.16 bits per heavy atom. The third kappa shape index (κ3) is 5.92. The average molecular weight is 435 g/mol. The highest BCUT2D eigenvalue weighted by Gasteiger charge is 2.40. The lowest BCUT2D eigenvalue weighted by molar-refractivity contribution is 0.0575. The van der Waals surface area contributed by atoms with Gasteiger partial charge in [-0.25, -0.2) is 4.79 Å². The summed E-state index contributed by atoms with van der Waals surface area (Å²) in [6.07, 6.45) is 7.18. The van der Waals surface area contributed by atoms with Gasteiger partial charge < -0.3 is 4.74 Å². The zero-order chi connectivity index (χ0) is 22.6. The van der Waals surface area contributed by atoms with Gasteiger partial charge in [0, 0.05) is 30.9 Å². The van der Waals surface area contributed by atoms with E-state index in [1.807, 2.05) is 51.1 Å². The van der Waals surface area contributed by atoms with E-state index in [1.54, 1.807) is 4.90 Å². The summed E-state index contributed by atoms with van der Waals surface area (Å²) in [5.74, 6) is 0.800. The monoisotopic (exact) mass is 434 g/mol. The molecule has 2 atom stereocenters. The number of hydrogen-bond acceptors (Lipinski definition) is 3. The molecule has 2 aliphatic rings. The fourth-order valence-corrected chi connectivity index (χ4v) is 5.53. The predicted octanol–water partition coefficient (Wildman–Crippen LogP) is 6.30. The summed E-state index contributed by atoms with van der Waals surface area (Å²) in [5, 5.41) is 0. The van der Waals surface area contributed by atoms with E-state index in [9.17, 15) is 4.79 Å². The van der Waals surface area contributed by atoms with Gasteiger partial charge in [-0.15, -0.1) is 0 Å². The fourth-order valence-electron chi connectivity index (χ4n) is 5.53. The van der Waals surface area contributed by atoms with Crippen LogP contribution in [0.2, 0.25) is 0 Å². The number of nitrogens with zero attached hydrogens (tertiary/aromatic N) is 2. The lowest BCUT2D eigenvalue weighted by Crippen LogP contribution is -2.45. The molecule has 0 radical (unpaired) electrons. The summed E-state index contributed by atoms with van der Waals surface area (Å²) in [4.78, 5) is 17.4. The number of para-hydroxylation sites is 1. The van der Waals surface area contributed by atoms with Gasteiger partial charge in [0.15, 0.2) is 0 Å². The van der Waals surface area contributed by atoms with Crippen LogP contribution in [0.1, 0.15) is 58.4 Å². The minimum atomic E-state index is -0.496. The molecule has 2 aromatic rings. The maximum atomic E-state index is 12.9. The Labute approximate surface area is 193 Å². The smallest absolute Gasteiger partial charge is 0.414 e. The normalized spacial score (nSPS) is 23.2. The van der Waals surface area contributed by atoms with Crippen LogP contribution >= 0.6 is 0 Å². The number of amides is 1. The number of fused-ring (bicyclic) bond motifs is 2. The van der Waals surface area contributed by atoms with Crippen LogP contribution in [-0.2, 0) is 11.2 Å². The van der Waals surface area contributed by atoms with Crippen molar-refractivity contribution >= 4 is 11.8 Å². The van der Waals surface area contributed by atoms with Crippen LogP contribution in [0.25, 0.3) is 0 Å². The molecule has 4 heteroatoms. The number of benzene rings is 2. The number of carbonyl (C=O) groups is 1. The molecule has 4 rings (SSSR count). The van der Waals surface area contributed by atoms with Crippen molar-refractivity contribution in [3.63, 3.8) is 0 Å². The van der Waals surface area contributed by atoms with Crippen molar-refractivity contribution in [2.75, 3.05) is 18.0 Å². The van der Waals surface area contributed by atoms with Crippen molar-refractivity contribution in [2.24, 2.45) is 5.92 Å². The molecule has 2 heterocycles. The van der Waals surface area contributed by atoms with Gasteiger partial charge in [0.1, 0.15) is 5.60 Å². The van der Waals surface area contributed by atoms with Gasteiger partial charge in [0.05, 0.1) is 0 Å². The molecule has 0 saturated carbocycles. The molecule has 2 bridgehead atoms. The maximum absolute atomic E-state index is 12.9. The molecule has 4 nitrogen and oxygen atoms in total. The first-order valence-electron chi connectivity index (χ1n) is 12.2. The molecular formula is C28H38N2O2. The third-order valence-electron chi connectivity index (χ3n) is 6.83. The first kappa shape index (κ1) is 22.8. The number of anilines is 1. The summed E-state index contributed by atoms with van der Waals surface area (Å²) >= 11 is 0. The molecule has 2 unspecified atom stereocenters. The van der Waals surface area contributed by atoms with Gasteiger partial charge in [-0.2, -0.15) is 0 Å². The Balaban J connectivity index is 1.33. The SMILES string of the molecule is CC(C)(C)OC(=O)N(CCCN1C2CCC1CC(Cc1ccccc1)C2)c1ccccc1. The van der Waals surface area contributed by atoms with Crippen LogP contribution in [0.4, 0.5) is 10.5 Å². The molecule has 2 aromatic carbocycles. The zero-order valence-electron chi connectivity index (χ0n) is 19.9. The first-order chi connectivity index (χ1) is 15.4. The Morgan fingerprint density at radius 2 is 1.56 bits per heavy atom. The second-order valence-electron chi connectivity index (χ2n) is 10.5. The summed E-state index contributed by atoms with van der Waals surface area (Å²) < 4.78 is 5.70. The second kappa shape index (κ2) is 10.1. The number of hydrogen-bond donors (Lipinski definition) is 0. The van der Waals surface area contributed by atoms with Crippen molar-refractivity contribution in [1.29, 1.82) is 0 Å². The van der Waals surface area contributed by atoms with E-state index in [-0.39, 0.29) is 6.09 Å². The Bertz CT molecular complexity index is 848. The molecular weight excluding hydrogens is 396 g/mol. The van der Waals surface area contributed by atoms with Crippen LogP contribution in [0.15, 0.2) is 60.7 Å². The topological polar surface area (TPSA) is 32.8 Å². The van der Waals surface area contributed by atoms with Crippen molar-refractivity contribution in [3.05, 3.63) is 66.2 Å². The van der Waals surface area contributed by atoms with Crippen LogP contribution in [-0.4, -0.2) is 41.8 Å². The zero-order valence-corrected chi connectivity index (χ0v) is 19.9. The number of piperidine rings is 1. The molecule has 0 aliphatic carbocycles. The van der Waals surface area contributed by atoms with Crippen LogP contribution < -0.4 is 4.90 Å². The van der Waals surface area contributed by atoms with E-state index in [0.717, 1.165) is 24.6 Å². The van der Waals surface area contributed by atoms with Gasteiger partial charge in [0.2, 0.25) is 0 Å². The van der Waals surface area contributed by atoms with E-state index >= 15 is 0 Å². The summed E-state index contributed by atoms with van der Waals surface area (Å²) in [6, 6.07) is 22.3. The summed E-state index contributed by atoms with van der Waals surface area (Å²) in [7, 11) is 0. The van der Waals surface area contributed by atoms with E-state index < -0.39 is 5.60 Å². The number of ether oxygens (including phenoxy) is 1. The van der Waals surface area contributed by atoms with Gasteiger partial charge in [-0.3, -0.25) is 9.80 Å². The van der Waals surface area contributed by atoms with Crippen molar-refractivity contribution in [3.8, 4) is 0 Å².